The maximum absolute atomic E-state index is 4.39. The number of thioether (sulfide) groups is 1. The molecular weight excluding hydrogens is 340 g/mol. The van der Waals surface area contributed by atoms with Crippen LogP contribution in [-0.2, 0) is 17.7 Å². The molecule has 0 fully saturated rings. The van der Waals surface area contributed by atoms with Gasteiger partial charge >= 0.3 is 0 Å². The predicted molar refractivity (Wildman–Crippen MR) is 108 cm³/mol. The van der Waals surface area contributed by atoms with Crippen molar-refractivity contribution in [2.45, 2.75) is 43.6 Å². The average molecular weight is 365 g/mol. The third-order valence-electron chi connectivity index (χ3n) is 4.15. The van der Waals surface area contributed by atoms with Crippen molar-refractivity contribution in [2.75, 3.05) is 0 Å². The molecule has 0 unspecified atom stereocenters. The number of hydrogen-bond donors (Lipinski definition) is 0. The Morgan fingerprint density at radius 3 is 2.35 bits per heavy atom. The van der Waals surface area contributed by atoms with Gasteiger partial charge in [0.2, 0.25) is 0 Å². The molecule has 0 saturated carbocycles. The summed E-state index contributed by atoms with van der Waals surface area (Å²) in [7, 11) is 0. The highest BCUT2D eigenvalue weighted by Gasteiger charge is 2.15. The molecule has 0 N–H and O–H groups in total. The first-order valence-electron chi connectivity index (χ1n) is 8.66. The first-order chi connectivity index (χ1) is 12.5. The fraction of sp³-hybridized carbons (Fsp3) is 0.286. The molecule has 0 radical (unpaired) electrons. The standard InChI is InChI=1S/C21H24N4S/c1-5-14-25-19(17-10-12-22-13-11-17)23-24-20(25)26-15-16-6-8-18(9-7-16)21(2,3)4/h5-13H,1,14-15H2,2-4H3. The highest BCUT2D eigenvalue weighted by Crippen LogP contribution is 2.28. The van der Waals surface area contributed by atoms with Crippen LogP contribution in [0.25, 0.3) is 11.4 Å². The summed E-state index contributed by atoms with van der Waals surface area (Å²) in [5.41, 5.74) is 3.81. The van der Waals surface area contributed by atoms with E-state index in [-0.39, 0.29) is 5.41 Å². The van der Waals surface area contributed by atoms with Gasteiger partial charge in [-0.15, -0.1) is 16.8 Å². The Labute approximate surface area is 159 Å². The van der Waals surface area contributed by atoms with Gasteiger partial charge in [0.15, 0.2) is 11.0 Å². The van der Waals surface area contributed by atoms with E-state index in [1.54, 1.807) is 24.2 Å². The maximum atomic E-state index is 4.39. The maximum Gasteiger partial charge on any atom is 0.192 e. The van der Waals surface area contributed by atoms with Crippen LogP contribution in [0, 0.1) is 0 Å². The molecule has 2 aromatic heterocycles. The van der Waals surface area contributed by atoms with Crippen molar-refractivity contribution >= 4 is 11.8 Å². The highest BCUT2D eigenvalue weighted by molar-refractivity contribution is 7.98. The van der Waals surface area contributed by atoms with Crippen LogP contribution in [0.3, 0.4) is 0 Å². The lowest BCUT2D eigenvalue weighted by Gasteiger charge is -2.19. The molecule has 5 heteroatoms. The Balaban J connectivity index is 1.78. The molecule has 2 heterocycles. The molecular formula is C21H24N4S. The van der Waals surface area contributed by atoms with Gasteiger partial charge in [0.25, 0.3) is 0 Å². The number of rotatable bonds is 6. The summed E-state index contributed by atoms with van der Waals surface area (Å²) in [6, 6.07) is 12.7. The molecule has 0 spiro atoms. The van der Waals surface area contributed by atoms with Crippen LogP contribution >= 0.6 is 11.8 Å². The third-order valence-corrected chi connectivity index (χ3v) is 5.19. The number of aromatic nitrogens is 4. The fourth-order valence-corrected chi connectivity index (χ4v) is 3.56. The number of nitrogens with zero attached hydrogens (tertiary/aromatic N) is 4. The second-order valence-electron chi connectivity index (χ2n) is 7.18. The number of benzene rings is 1. The molecule has 0 amide bonds. The van der Waals surface area contributed by atoms with E-state index in [9.17, 15) is 0 Å². The van der Waals surface area contributed by atoms with Crippen LogP contribution < -0.4 is 0 Å². The van der Waals surface area contributed by atoms with E-state index in [0.29, 0.717) is 6.54 Å². The van der Waals surface area contributed by atoms with Gasteiger partial charge < -0.3 is 0 Å². The van der Waals surface area contributed by atoms with Crippen LogP contribution in [0.15, 0.2) is 66.6 Å². The monoisotopic (exact) mass is 364 g/mol. The van der Waals surface area contributed by atoms with E-state index >= 15 is 0 Å². The fourth-order valence-electron chi connectivity index (χ4n) is 2.65. The zero-order chi connectivity index (χ0) is 18.6. The minimum Gasteiger partial charge on any atom is -0.298 e. The summed E-state index contributed by atoms with van der Waals surface area (Å²) in [5.74, 6) is 1.70. The topological polar surface area (TPSA) is 43.6 Å². The van der Waals surface area contributed by atoms with Crippen molar-refractivity contribution in [3.8, 4) is 11.4 Å². The van der Waals surface area contributed by atoms with Gasteiger partial charge in [-0.2, -0.15) is 0 Å². The second kappa shape index (κ2) is 7.87. The highest BCUT2D eigenvalue weighted by atomic mass is 32.2. The van der Waals surface area contributed by atoms with Gasteiger partial charge in [-0.05, 0) is 28.7 Å². The summed E-state index contributed by atoms with van der Waals surface area (Å²) in [6.07, 6.45) is 5.41. The molecule has 0 aliphatic heterocycles. The first-order valence-corrected chi connectivity index (χ1v) is 9.64. The SMILES string of the molecule is C=CCn1c(SCc2ccc(C(C)(C)C)cc2)nnc1-c1ccncc1. The molecule has 134 valence electrons. The van der Waals surface area contributed by atoms with Crippen LogP contribution in [-0.4, -0.2) is 19.7 Å². The van der Waals surface area contributed by atoms with Crippen molar-refractivity contribution in [1.29, 1.82) is 0 Å². The number of allylic oxidation sites excluding steroid dienone is 1. The summed E-state index contributed by atoms with van der Waals surface area (Å²) >= 11 is 1.69. The molecule has 4 nitrogen and oxygen atoms in total. The quantitative estimate of drug-likeness (QED) is 0.450. The molecule has 3 aromatic rings. The molecule has 0 atom stereocenters. The van der Waals surface area contributed by atoms with Crippen molar-refractivity contribution < 1.29 is 0 Å². The van der Waals surface area contributed by atoms with E-state index in [4.69, 9.17) is 0 Å². The average Bonchev–Trinajstić information content (AvgIpc) is 3.03. The zero-order valence-electron chi connectivity index (χ0n) is 15.5. The van der Waals surface area contributed by atoms with E-state index < -0.39 is 0 Å². The molecule has 0 saturated heterocycles. The number of hydrogen-bond acceptors (Lipinski definition) is 4. The minimum absolute atomic E-state index is 0.176. The van der Waals surface area contributed by atoms with Gasteiger partial charge in [0.05, 0.1) is 0 Å². The Bertz CT molecular complexity index is 861. The molecule has 3 rings (SSSR count). The van der Waals surface area contributed by atoms with Crippen LogP contribution in [0.2, 0.25) is 0 Å². The van der Waals surface area contributed by atoms with Crippen molar-refractivity contribution in [1.82, 2.24) is 19.7 Å². The summed E-state index contributed by atoms with van der Waals surface area (Å²) in [5, 5.41) is 9.67. The molecule has 0 aliphatic carbocycles. The van der Waals surface area contributed by atoms with Crippen molar-refractivity contribution in [3.05, 3.63) is 72.6 Å². The lowest BCUT2D eigenvalue weighted by Crippen LogP contribution is -2.10. The summed E-state index contributed by atoms with van der Waals surface area (Å²) < 4.78 is 2.09. The lowest BCUT2D eigenvalue weighted by atomic mass is 9.87. The molecule has 0 aliphatic rings. The second-order valence-corrected chi connectivity index (χ2v) is 8.12. The van der Waals surface area contributed by atoms with E-state index in [2.05, 4.69) is 71.4 Å². The zero-order valence-corrected chi connectivity index (χ0v) is 16.3. The smallest absolute Gasteiger partial charge is 0.192 e. The largest absolute Gasteiger partial charge is 0.298 e. The van der Waals surface area contributed by atoms with E-state index in [1.807, 2.05) is 18.2 Å². The number of pyridine rings is 1. The van der Waals surface area contributed by atoms with Gasteiger partial charge in [-0.1, -0.05) is 62.9 Å². The van der Waals surface area contributed by atoms with Gasteiger partial charge in [0.1, 0.15) is 0 Å². The van der Waals surface area contributed by atoms with E-state index in [1.165, 1.54) is 11.1 Å². The van der Waals surface area contributed by atoms with Crippen molar-refractivity contribution in [2.24, 2.45) is 0 Å². The molecule has 26 heavy (non-hydrogen) atoms. The predicted octanol–water partition coefficient (Wildman–Crippen LogP) is 5.12. The van der Waals surface area contributed by atoms with Crippen LogP contribution in [0.1, 0.15) is 31.9 Å². The van der Waals surface area contributed by atoms with Gasteiger partial charge in [-0.3, -0.25) is 9.55 Å². The Kier molecular flexibility index (Phi) is 5.57. The van der Waals surface area contributed by atoms with E-state index in [0.717, 1.165) is 22.3 Å². The summed E-state index contributed by atoms with van der Waals surface area (Å²) in [6.45, 7) is 11.2. The van der Waals surface area contributed by atoms with Gasteiger partial charge in [-0.25, -0.2) is 0 Å². The Morgan fingerprint density at radius 1 is 1.04 bits per heavy atom. The van der Waals surface area contributed by atoms with Crippen LogP contribution in [0.5, 0.6) is 0 Å². The minimum atomic E-state index is 0.176. The molecule has 0 bridgehead atoms. The lowest BCUT2D eigenvalue weighted by molar-refractivity contribution is 0.590. The Morgan fingerprint density at radius 2 is 1.73 bits per heavy atom. The molecule has 1 aromatic carbocycles. The van der Waals surface area contributed by atoms with Crippen LogP contribution in [0.4, 0.5) is 0 Å². The normalized spacial score (nSPS) is 11.5. The third kappa shape index (κ3) is 4.22. The van der Waals surface area contributed by atoms with Gasteiger partial charge in [0, 0.05) is 30.3 Å². The van der Waals surface area contributed by atoms with Crippen molar-refractivity contribution in [3.63, 3.8) is 0 Å². The Hall–Kier alpha value is -2.40. The first kappa shape index (κ1) is 18.4. The summed E-state index contributed by atoms with van der Waals surface area (Å²) in [4.78, 5) is 4.07.